The minimum absolute atomic E-state index is 0.853. The Hall–Kier alpha value is -4.00. The van der Waals surface area contributed by atoms with Gasteiger partial charge in [-0.3, -0.25) is 0 Å². The summed E-state index contributed by atoms with van der Waals surface area (Å²) >= 11 is 0. The van der Waals surface area contributed by atoms with E-state index in [0.29, 0.717) is 0 Å². The zero-order valence-electron chi connectivity index (χ0n) is 14.2. The van der Waals surface area contributed by atoms with Crippen molar-refractivity contribution in [1.82, 2.24) is 28.6 Å². The SMILES string of the molecule is c1cnn2cc(-c3ccn4nc(-[n+]5ccc6nccn6c5)cc4c3)cc2c1. The van der Waals surface area contributed by atoms with E-state index in [2.05, 4.69) is 45.5 Å². The Morgan fingerprint density at radius 1 is 0.852 bits per heavy atom. The smallest absolute Gasteiger partial charge is 0.240 e. The van der Waals surface area contributed by atoms with Gasteiger partial charge in [-0.05, 0) is 41.0 Å². The summed E-state index contributed by atoms with van der Waals surface area (Å²) in [6, 6.07) is 14.4. The molecule has 0 N–H and O–H groups in total. The van der Waals surface area contributed by atoms with E-state index in [1.807, 2.05) is 61.2 Å². The summed E-state index contributed by atoms with van der Waals surface area (Å²) in [5.41, 5.74) is 5.28. The summed E-state index contributed by atoms with van der Waals surface area (Å²) < 4.78 is 7.72. The molecule has 0 aliphatic rings. The molecule has 0 radical (unpaired) electrons. The lowest BCUT2D eigenvalue weighted by molar-refractivity contribution is -0.603. The number of hydrogen-bond acceptors (Lipinski definition) is 3. The van der Waals surface area contributed by atoms with E-state index in [0.717, 1.165) is 33.6 Å². The van der Waals surface area contributed by atoms with Crippen LogP contribution in [-0.2, 0) is 0 Å². The molecule has 0 bridgehead atoms. The van der Waals surface area contributed by atoms with Gasteiger partial charge in [0.1, 0.15) is 0 Å². The first kappa shape index (κ1) is 14.2. The highest BCUT2D eigenvalue weighted by molar-refractivity contribution is 5.73. The summed E-state index contributed by atoms with van der Waals surface area (Å²) in [4.78, 5) is 4.28. The Morgan fingerprint density at radius 2 is 1.81 bits per heavy atom. The van der Waals surface area contributed by atoms with Gasteiger partial charge in [-0.2, -0.15) is 9.61 Å². The Morgan fingerprint density at radius 3 is 2.78 bits per heavy atom. The fourth-order valence-corrected chi connectivity index (χ4v) is 3.40. The average molecular weight is 352 g/mol. The lowest BCUT2D eigenvalue weighted by Gasteiger charge is -1.96. The third kappa shape index (κ3) is 2.22. The van der Waals surface area contributed by atoms with E-state index in [1.54, 1.807) is 12.4 Å². The Bertz CT molecular complexity index is 1400. The van der Waals surface area contributed by atoms with Crippen LogP contribution in [0.1, 0.15) is 0 Å². The van der Waals surface area contributed by atoms with E-state index >= 15 is 0 Å². The minimum atomic E-state index is 0.853. The second-order valence-corrected chi connectivity index (χ2v) is 6.44. The number of fused-ring (bicyclic) bond motifs is 3. The Kier molecular flexibility index (Phi) is 2.76. The first-order valence-electron chi connectivity index (χ1n) is 8.61. The van der Waals surface area contributed by atoms with Gasteiger partial charge in [0.05, 0.1) is 29.6 Å². The third-order valence-electron chi connectivity index (χ3n) is 4.75. The number of aromatic nitrogens is 7. The van der Waals surface area contributed by atoms with Gasteiger partial charge >= 0.3 is 0 Å². The lowest BCUT2D eigenvalue weighted by Crippen LogP contribution is -2.31. The van der Waals surface area contributed by atoms with Gasteiger partial charge in [0.2, 0.25) is 6.33 Å². The van der Waals surface area contributed by atoms with Crippen molar-refractivity contribution in [1.29, 1.82) is 0 Å². The van der Waals surface area contributed by atoms with Crippen molar-refractivity contribution in [2.45, 2.75) is 0 Å². The molecule has 0 saturated carbocycles. The standard InChI is InChI=1S/C20H14N7/c1-2-17-11-16(13-27(17)22-5-1)15-3-8-26-18(10-15)12-20(23-26)24-7-4-19-21-6-9-25(19)14-24/h1-14H/q+1. The maximum absolute atomic E-state index is 4.68. The van der Waals surface area contributed by atoms with Gasteiger partial charge in [0.25, 0.3) is 5.82 Å². The molecular formula is C20H14N7+. The summed E-state index contributed by atoms with van der Waals surface area (Å²) in [6.45, 7) is 0. The predicted molar refractivity (Wildman–Crippen MR) is 99.7 cm³/mol. The molecule has 6 aromatic heterocycles. The van der Waals surface area contributed by atoms with E-state index in [4.69, 9.17) is 0 Å². The van der Waals surface area contributed by atoms with Crippen LogP contribution in [0.2, 0.25) is 0 Å². The van der Waals surface area contributed by atoms with Crippen molar-refractivity contribution in [3.05, 3.63) is 86.0 Å². The molecule has 7 heteroatoms. The average Bonchev–Trinajstić information content (AvgIpc) is 3.42. The number of hydrogen-bond donors (Lipinski definition) is 0. The molecule has 0 atom stereocenters. The van der Waals surface area contributed by atoms with Crippen LogP contribution in [0.5, 0.6) is 0 Å². The molecule has 0 amide bonds. The van der Waals surface area contributed by atoms with Gasteiger partial charge in [-0.25, -0.2) is 18.5 Å². The quantitative estimate of drug-likeness (QED) is 0.450. The molecule has 7 nitrogen and oxygen atoms in total. The predicted octanol–water partition coefficient (Wildman–Crippen LogP) is 2.57. The molecule has 6 aromatic rings. The second kappa shape index (κ2) is 5.25. The Labute approximate surface area is 153 Å². The number of rotatable bonds is 2. The molecular weight excluding hydrogens is 338 g/mol. The summed E-state index contributed by atoms with van der Waals surface area (Å²) in [5, 5.41) is 9.02. The molecule has 0 aromatic carbocycles. The van der Waals surface area contributed by atoms with Crippen LogP contribution in [-0.4, -0.2) is 28.6 Å². The first-order chi connectivity index (χ1) is 13.3. The van der Waals surface area contributed by atoms with Crippen molar-refractivity contribution in [3.8, 4) is 16.9 Å². The fraction of sp³-hybridized carbons (Fsp3) is 0. The van der Waals surface area contributed by atoms with Crippen LogP contribution in [0.25, 0.3) is 33.6 Å². The van der Waals surface area contributed by atoms with Gasteiger partial charge in [0.15, 0.2) is 5.65 Å². The normalized spacial score (nSPS) is 11.7. The topological polar surface area (TPSA) is 55.8 Å². The monoisotopic (exact) mass is 352 g/mol. The van der Waals surface area contributed by atoms with Gasteiger partial charge < -0.3 is 0 Å². The summed E-state index contributed by atoms with van der Waals surface area (Å²) in [7, 11) is 0. The van der Waals surface area contributed by atoms with Crippen LogP contribution in [0, 0.1) is 0 Å². The molecule has 0 aliphatic carbocycles. The molecule has 0 spiro atoms. The van der Waals surface area contributed by atoms with Crippen LogP contribution >= 0.6 is 0 Å². The van der Waals surface area contributed by atoms with Crippen molar-refractivity contribution < 1.29 is 4.57 Å². The van der Waals surface area contributed by atoms with Crippen LogP contribution < -0.4 is 4.57 Å². The zero-order chi connectivity index (χ0) is 17.8. The summed E-state index contributed by atoms with van der Waals surface area (Å²) in [5.74, 6) is 0.853. The van der Waals surface area contributed by atoms with Crippen LogP contribution in [0.3, 0.4) is 0 Å². The molecule has 0 aliphatic heterocycles. The highest BCUT2D eigenvalue weighted by atomic mass is 15.3. The van der Waals surface area contributed by atoms with E-state index in [1.165, 1.54) is 0 Å². The van der Waals surface area contributed by atoms with Crippen LogP contribution in [0.15, 0.2) is 86.0 Å². The molecule has 6 rings (SSSR count). The molecule has 6 heterocycles. The maximum Gasteiger partial charge on any atom is 0.293 e. The highest BCUT2D eigenvalue weighted by Crippen LogP contribution is 2.23. The van der Waals surface area contributed by atoms with Crippen molar-refractivity contribution in [3.63, 3.8) is 0 Å². The van der Waals surface area contributed by atoms with E-state index < -0.39 is 0 Å². The van der Waals surface area contributed by atoms with Crippen molar-refractivity contribution >= 4 is 16.7 Å². The molecule has 128 valence electrons. The van der Waals surface area contributed by atoms with E-state index in [-0.39, 0.29) is 0 Å². The largest absolute Gasteiger partial charge is 0.293 e. The van der Waals surface area contributed by atoms with Gasteiger partial charge in [-0.1, -0.05) is 0 Å². The molecule has 27 heavy (non-hydrogen) atoms. The molecule has 0 fully saturated rings. The van der Waals surface area contributed by atoms with Crippen molar-refractivity contribution in [2.75, 3.05) is 0 Å². The second-order valence-electron chi connectivity index (χ2n) is 6.44. The highest BCUT2D eigenvalue weighted by Gasteiger charge is 2.13. The number of imidazole rings is 1. The molecule has 0 unspecified atom stereocenters. The number of pyridine rings is 1. The Balaban J connectivity index is 1.46. The third-order valence-corrected chi connectivity index (χ3v) is 4.75. The fourth-order valence-electron chi connectivity index (χ4n) is 3.40. The van der Waals surface area contributed by atoms with Gasteiger partial charge in [0, 0.05) is 36.3 Å². The summed E-state index contributed by atoms with van der Waals surface area (Å²) in [6.07, 6.45) is 13.5. The van der Waals surface area contributed by atoms with E-state index in [9.17, 15) is 0 Å². The van der Waals surface area contributed by atoms with Gasteiger partial charge in [-0.15, -0.1) is 0 Å². The maximum atomic E-state index is 4.68. The first-order valence-corrected chi connectivity index (χ1v) is 8.61. The molecule has 0 saturated heterocycles. The lowest BCUT2D eigenvalue weighted by atomic mass is 10.1. The minimum Gasteiger partial charge on any atom is -0.240 e. The zero-order valence-corrected chi connectivity index (χ0v) is 14.2. The number of nitrogens with zero attached hydrogens (tertiary/aromatic N) is 7. The van der Waals surface area contributed by atoms with Crippen LogP contribution in [0.4, 0.5) is 0 Å². The van der Waals surface area contributed by atoms with Crippen molar-refractivity contribution in [2.24, 2.45) is 0 Å².